The first-order valence-electron chi connectivity index (χ1n) is 4.29. The summed E-state index contributed by atoms with van der Waals surface area (Å²) in [6.07, 6.45) is 6.20. The van der Waals surface area contributed by atoms with E-state index in [1.165, 1.54) is 19.3 Å². The van der Waals surface area contributed by atoms with Gasteiger partial charge in [-0.25, -0.2) is 0 Å². The smallest absolute Gasteiger partial charge is 0.0163 e. The molecule has 0 aliphatic heterocycles. The molecule has 64 valence electrons. The third-order valence-corrected chi connectivity index (χ3v) is 2.68. The molecule has 0 aromatic heterocycles. The molecule has 0 radical (unpaired) electrons. The van der Waals surface area contributed by atoms with Crippen molar-refractivity contribution in [2.45, 2.75) is 25.3 Å². The summed E-state index contributed by atoms with van der Waals surface area (Å²) in [6, 6.07) is 0.852. The van der Waals surface area contributed by atoms with E-state index in [-0.39, 0.29) is 0 Å². The first-order valence-corrected chi connectivity index (χ1v) is 5.41. The second-order valence-electron chi connectivity index (χ2n) is 3.06. The molecule has 1 rings (SSSR count). The lowest BCUT2D eigenvalue weighted by Crippen LogP contribution is -2.41. The van der Waals surface area contributed by atoms with Crippen molar-refractivity contribution in [3.8, 4) is 0 Å². The Morgan fingerprint density at radius 3 is 2.64 bits per heavy atom. The van der Waals surface area contributed by atoms with Crippen molar-refractivity contribution in [1.82, 2.24) is 4.90 Å². The molecule has 0 heterocycles. The molecule has 0 atom stereocenters. The number of hydrogen-bond donors (Lipinski definition) is 0. The zero-order chi connectivity index (χ0) is 8.10. The fraction of sp³-hybridized carbons (Fsp3) is 0.778. The van der Waals surface area contributed by atoms with Crippen LogP contribution in [0.2, 0.25) is 0 Å². The van der Waals surface area contributed by atoms with E-state index in [0.717, 1.165) is 24.5 Å². The predicted octanol–water partition coefficient (Wildman–Crippen LogP) is 2.42. The second kappa shape index (κ2) is 4.94. The summed E-state index contributed by atoms with van der Waals surface area (Å²) in [4.78, 5) is 2.51. The van der Waals surface area contributed by atoms with E-state index in [1.807, 2.05) is 6.08 Å². The van der Waals surface area contributed by atoms with Crippen LogP contribution in [0.15, 0.2) is 12.7 Å². The molecule has 0 unspecified atom stereocenters. The van der Waals surface area contributed by atoms with Gasteiger partial charge in [0.25, 0.3) is 0 Å². The molecule has 1 nitrogen and oxygen atoms in total. The fourth-order valence-electron chi connectivity index (χ4n) is 1.45. The SMILES string of the molecule is C=CCN(CCBr)C1CCC1. The summed E-state index contributed by atoms with van der Waals surface area (Å²) >= 11 is 3.47. The summed E-state index contributed by atoms with van der Waals surface area (Å²) in [5.41, 5.74) is 0. The second-order valence-corrected chi connectivity index (χ2v) is 3.85. The van der Waals surface area contributed by atoms with E-state index < -0.39 is 0 Å². The Kier molecular flexibility index (Phi) is 4.16. The zero-order valence-electron chi connectivity index (χ0n) is 6.93. The van der Waals surface area contributed by atoms with Crippen molar-refractivity contribution in [3.63, 3.8) is 0 Å². The maximum atomic E-state index is 3.77. The van der Waals surface area contributed by atoms with Gasteiger partial charge in [-0.2, -0.15) is 0 Å². The lowest BCUT2D eigenvalue weighted by Gasteiger charge is -2.36. The van der Waals surface area contributed by atoms with E-state index in [4.69, 9.17) is 0 Å². The van der Waals surface area contributed by atoms with Crippen LogP contribution in [-0.2, 0) is 0 Å². The first kappa shape index (κ1) is 9.27. The zero-order valence-corrected chi connectivity index (χ0v) is 8.52. The van der Waals surface area contributed by atoms with Gasteiger partial charge >= 0.3 is 0 Å². The van der Waals surface area contributed by atoms with E-state index in [2.05, 4.69) is 27.4 Å². The number of halogens is 1. The number of rotatable bonds is 5. The highest BCUT2D eigenvalue weighted by Gasteiger charge is 2.22. The minimum atomic E-state index is 0.852. The standard InChI is InChI=1S/C9H16BrN/c1-2-7-11(8-6-10)9-4-3-5-9/h2,9H,1,3-8H2. The van der Waals surface area contributed by atoms with Crippen molar-refractivity contribution in [1.29, 1.82) is 0 Å². The third-order valence-electron chi connectivity index (χ3n) is 2.33. The van der Waals surface area contributed by atoms with Gasteiger partial charge in [0.05, 0.1) is 0 Å². The van der Waals surface area contributed by atoms with Crippen LogP contribution in [0.1, 0.15) is 19.3 Å². The van der Waals surface area contributed by atoms with Crippen LogP contribution in [-0.4, -0.2) is 29.4 Å². The summed E-state index contributed by atoms with van der Waals surface area (Å²) < 4.78 is 0. The fourth-order valence-corrected chi connectivity index (χ4v) is 1.90. The van der Waals surface area contributed by atoms with Crippen LogP contribution in [0.5, 0.6) is 0 Å². The highest BCUT2D eigenvalue weighted by Crippen LogP contribution is 2.24. The van der Waals surface area contributed by atoms with Crippen molar-refractivity contribution < 1.29 is 0 Å². The van der Waals surface area contributed by atoms with E-state index in [1.54, 1.807) is 0 Å². The quantitative estimate of drug-likeness (QED) is 0.506. The Balaban J connectivity index is 2.24. The van der Waals surface area contributed by atoms with Crippen LogP contribution in [0.3, 0.4) is 0 Å². The van der Waals surface area contributed by atoms with E-state index >= 15 is 0 Å². The molecule has 0 bridgehead atoms. The lowest BCUT2D eigenvalue weighted by atomic mass is 9.91. The van der Waals surface area contributed by atoms with Crippen LogP contribution in [0.4, 0.5) is 0 Å². The normalized spacial score (nSPS) is 18.4. The summed E-state index contributed by atoms with van der Waals surface area (Å²) in [7, 11) is 0. The monoisotopic (exact) mass is 217 g/mol. The van der Waals surface area contributed by atoms with Gasteiger partial charge in [-0.1, -0.05) is 28.4 Å². The molecule has 0 spiro atoms. The van der Waals surface area contributed by atoms with Gasteiger partial charge in [0.15, 0.2) is 0 Å². The van der Waals surface area contributed by atoms with Gasteiger partial charge in [-0.15, -0.1) is 6.58 Å². The number of alkyl halides is 1. The molecule has 2 heteroatoms. The van der Waals surface area contributed by atoms with Gasteiger partial charge in [0.2, 0.25) is 0 Å². The first-order chi connectivity index (χ1) is 5.38. The predicted molar refractivity (Wildman–Crippen MR) is 53.2 cm³/mol. The Bertz CT molecular complexity index is 121. The average Bonchev–Trinajstić information content (AvgIpc) is 1.85. The molecule has 0 aromatic carbocycles. The maximum absolute atomic E-state index is 3.77. The molecule has 0 aromatic rings. The average molecular weight is 218 g/mol. The molecule has 0 amide bonds. The Hall–Kier alpha value is 0.180. The van der Waals surface area contributed by atoms with Crippen LogP contribution < -0.4 is 0 Å². The minimum Gasteiger partial charge on any atom is -0.296 e. The maximum Gasteiger partial charge on any atom is 0.0163 e. The molecule has 1 aliphatic carbocycles. The van der Waals surface area contributed by atoms with Crippen LogP contribution >= 0.6 is 15.9 Å². The Morgan fingerprint density at radius 1 is 1.55 bits per heavy atom. The molecule has 11 heavy (non-hydrogen) atoms. The highest BCUT2D eigenvalue weighted by molar-refractivity contribution is 9.09. The van der Waals surface area contributed by atoms with Gasteiger partial charge in [0, 0.05) is 24.5 Å². The summed E-state index contributed by atoms with van der Waals surface area (Å²) in [5, 5.41) is 1.08. The lowest BCUT2D eigenvalue weighted by molar-refractivity contribution is 0.151. The van der Waals surface area contributed by atoms with E-state index in [9.17, 15) is 0 Å². The van der Waals surface area contributed by atoms with E-state index in [0.29, 0.717) is 0 Å². The topological polar surface area (TPSA) is 3.24 Å². The minimum absolute atomic E-state index is 0.852. The number of hydrogen-bond acceptors (Lipinski definition) is 1. The molecule has 1 aliphatic rings. The molecular formula is C9H16BrN. The van der Waals surface area contributed by atoms with Gasteiger partial charge in [-0.05, 0) is 12.8 Å². The third kappa shape index (κ3) is 2.60. The summed E-state index contributed by atoms with van der Waals surface area (Å²) in [5.74, 6) is 0. The van der Waals surface area contributed by atoms with Crippen molar-refractivity contribution in [3.05, 3.63) is 12.7 Å². The van der Waals surface area contributed by atoms with Gasteiger partial charge in [0.1, 0.15) is 0 Å². The van der Waals surface area contributed by atoms with Crippen LogP contribution in [0.25, 0.3) is 0 Å². The number of nitrogens with zero attached hydrogens (tertiary/aromatic N) is 1. The molecule has 0 saturated heterocycles. The van der Waals surface area contributed by atoms with Crippen LogP contribution in [0, 0.1) is 0 Å². The van der Waals surface area contributed by atoms with Gasteiger partial charge in [-0.3, -0.25) is 4.90 Å². The van der Waals surface area contributed by atoms with Crippen molar-refractivity contribution in [2.75, 3.05) is 18.4 Å². The molecule has 0 N–H and O–H groups in total. The highest BCUT2D eigenvalue weighted by atomic mass is 79.9. The Morgan fingerprint density at radius 2 is 2.27 bits per heavy atom. The van der Waals surface area contributed by atoms with Gasteiger partial charge < -0.3 is 0 Å². The largest absolute Gasteiger partial charge is 0.296 e. The Labute approximate surface area is 77.6 Å². The van der Waals surface area contributed by atoms with Crippen molar-refractivity contribution >= 4 is 15.9 Å². The van der Waals surface area contributed by atoms with Crippen molar-refractivity contribution in [2.24, 2.45) is 0 Å². The molecule has 1 fully saturated rings. The molecule has 1 saturated carbocycles. The molecular weight excluding hydrogens is 202 g/mol. The summed E-state index contributed by atoms with van der Waals surface area (Å²) in [6.45, 7) is 5.98.